The topological polar surface area (TPSA) is 59.9 Å². The third kappa shape index (κ3) is 3.82. The number of thiazole rings is 1. The van der Waals surface area contributed by atoms with Gasteiger partial charge in [0.15, 0.2) is 4.34 Å². The molecule has 1 aliphatic heterocycles. The molecule has 3 heterocycles. The highest BCUT2D eigenvalue weighted by molar-refractivity contribution is 8.00. The molecule has 3 aromatic rings. The summed E-state index contributed by atoms with van der Waals surface area (Å²) in [6.07, 6.45) is 2.61. The molecular weight excluding hydrogens is 348 g/mol. The van der Waals surface area contributed by atoms with Crippen molar-refractivity contribution < 1.29 is 4.74 Å². The molecule has 23 heavy (non-hydrogen) atoms. The predicted octanol–water partition coefficient (Wildman–Crippen LogP) is 4.03. The molecule has 1 fully saturated rings. The van der Waals surface area contributed by atoms with E-state index in [1.807, 2.05) is 12.1 Å². The first-order valence-electron chi connectivity index (χ1n) is 7.53. The van der Waals surface area contributed by atoms with Crippen LogP contribution in [-0.4, -0.2) is 34.4 Å². The van der Waals surface area contributed by atoms with Crippen molar-refractivity contribution in [2.75, 3.05) is 18.5 Å². The molecule has 5 nitrogen and oxygen atoms in total. The van der Waals surface area contributed by atoms with E-state index in [4.69, 9.17) is 4.74 Å². The second kappa shape index (κ2) is 7.12. The summed E-state index contributed by atoms with van der Waals surface area (Å²) in [5, 5.41) is 13.7. The minimum absolute atomic E-state index is 0.317. The summed E-state index contributed by atoms with van der Waals surface area (Å²) >= 11 is 5.03. The van der Waals surface area contributed by atoms with Gasteiger partial charge in [-0.05, 0) is 25.0 Å². The van der Waals surface area contributed by atoms with Crippen LogP contribution in [0.2, 0.25) is 0 Å². The highest BCUT2D eigenvalue weighted by atomic mass is 32.2. The van der Waals surface area contributed by atoms with Crippen LogP contribution in [-0.2, 0) is 10.5 Å². The molecule has 1 aromatic carbocycles. The number of thioether (sulfide) groups is 1. The average molecular weight is 365 g/mol. The maximum absolute atomic E-state index is 5.60. The summed E-state index contributed by atoms with van der Waals surface area (Å²) in [5.74, 6) is 0.833. The van der Waals surface area contributed by atoms with E-state index in [-0.39, 0.29) is 0 Å². The summed E-state index contributed by atoms with van der Waals surface area (Å²) in [6.45, 7) is 1.70. The van der Waals surface area contributed by atoms with Gasteiger partial charge in [-0.1, -0.05) is 35.2 Å². The molecule has 120 valence electrons. The van der Waals surface area contributed by atoms with Gasteiger partial charge in [-0.2, -0.15) is 0 Å². The van der Waals surface area contributed by atoms with Crippen LogP contribution in [0.15, 0.2) is 28.6 Å². The summed E-state index contributed by atoms with van der Waals surface area (Å²) in [5.41, 5.74) is 1.07. The van der Waals surface area contributed by atoms with E-state index in [1.54, 1.807) is 34.4 Å². The Hall–Kier alpha value is -1.22. The molecule has 8 heteroatoms. The Bertz CT molecular complexity index is 749. The second-order valence-electron chi connectivity index (χ2n) is 5.25. The van der Waals surface area contributed by atoms with Crippen molar-refractivity contribution in [2.45, 2.75) is 29.0 Å². The summed E-state index contributed by atoms with van der Waals surface area (Å²) < 4.78 is 7.80. The minimum atomic E-state index is 0.317. The lowest BCUT2D eigenvalue weighted by molar-refractivity contribution is 0.120. The molecule has 0 bridgehead atoms. The lowest BCUT2D eigenvalue weighted by atomic mass is 10.2. The number of para-hydroxylation sites is 1. The maximum atomic E-state index is 5.60. The Morgan fingerprint density at radius 3 is 3.09 bits per heavy atom. The van der Waals surface area contributed by atoms with E-state index < -0.39 is 0 Å². The molecular formula is C15H16N4OS3. The highest BCUT2D eigenvalue weighted by Gasteiger charge is 2.16. The quantitative estimate of drug-likeness (QED) is 0.666. The first-order valence-corrected chi connectivity index (χ1v) is 10.1. The van der Waals surface area contributed by atoms with Crippen LogP contribution >= 0.6 is 34.4 Å². The number of benzene rings is 1. The van der Waals surface area contributed by atoms with Gasteiger partial charge in [-0.15, -0.1) is 21.5 Å². The number of rotatable bonds is 6. The van der Waals surface area contributed by atoms with Gasteiger partial charge in [0.2, 0.25) is 5.13 Å². The van der Waals surface area contributed by atoms with Crippen LogP contribution < -0.4 is 5.32 Å². The zero-order chi connectivity index (χ0) is 15.5. The number of nitrogens with one attached hydrogen (secondary N) is 1. The van der Waals surface area contributed by atoms with Gasteiger partial charge in [-0.3, -0.25) is 0 Å². The molecule has 0 spiro atoms. The number of nitrogens with zero attached hydrogens (tertiary/aromatic N) is 3. The van der Waals surface area contributed by atoms with Crippen molar-refractivity contribution in [3.8, 4) is 0 Å². The molecule has 1 aliphatic rings. The molecule has 0 radical (unpaired) electrons. The average Bonchev–Trinajstić information content (AvgIpc) is 3.30. The smallest absolute Gasteiger partial charge is 0.206 e. The van der Waals surface area contributed by atoms with E-state index in [1.165, 1.54) is 4.70 Å². The third-order valence-corrected chi connectivity index (χ3v) is 6.81. The van der Waals surface area contributed by atoms with Gasteiger partial charge >= 0.3 is 0 Å². The Kier molecular flexibility index (Phi) is 4.74. The zero-order valence-electron chi connectivity index (χ0n) is 12.4. The standard InChI is InChI=1S/C15H16N4OS3/c1-2-6-12-11(5-1)17-13(22-12)9-21-15-19-18-14(23-15)16-8-10-4-3-7-20-10/h1-2,5-6,10H,3-4,7-9H2,(H,16,18)/t10-/m1/s1. The Morgan fingerprint density at radius 2 is 2.22 bits per heavy atom. The molecule has 0 aliphatic carbocycles. The van der Waals surface area contributed by atoms with E-state index in [2.05, 4.69) is 32.6 Å². The number of ether oxygens (including phenoxy) is 1. The van der Waals surface area contributed by atoms with E-state index >= 15 is 0 Å². The maximum Gasteiger partial charge on any atom is 0.206 e. The fourth-order valence-electron chi connectivity index (χ4n) is 2.45. The number of aromatic nitrogens is 3. The first kappa shape index (κ1) is 15.3. The molecule has 0 unspecified atom stereocenters. The van der Waals surface area contributed by atoms with Crippen molar-refractivity contribution in [3.05, 3.63) is 29.3 Å². The van der Waals surface area contributed by atoms with Crippen LogP contribution in [0.25, 0.3) is 10.2 Å². The number of anilines is 1. The number of hydrogen-bond acceptors (Lipinski definition) is 8. The molecule has 0 saturated carbocycles. The lowest BCUT2D eigenvalue weighted by Crippen LogP contribution is -2.18. The number of fused-ring (bicyclic) bond motifs is 1. The van der Waals surface area contributed by atoms with Crippen molar-refractivity contribution in [2.24, 2.45) is 0 Å². The monoisotopic (exact) mass is 364 g/mol. The summed E-state index contributed by atoms with van der Waals surface area (Å²) in [7, 11) is 0. The SMILES string of the molecule is c1ccc2sc(CSc3nnc(NC[C@H]4CCCO4)s3)nc2c1. The Labute approximate surface area is 146 Å². The van der Waals surface area contributed by atoms with Crippen LogP contribution in [0.1, 0.15) is 17.8 Å². The van der Waals surface area contributed by atoms with Gasteiger partial charge in [0.05, 0.1) is 22.1 Å². The molecule has 1 N–H and O–H groups in total. The van der Waals surface area contributed by atoms with Gasteiger partial charge in [0.25, 0.3) is 0 Å². The van der Waals surface area contributed by atoms with Crippen LogP contribution in [0.4, 0.5) is 5.13 Å². The third-order valence-electron chi connectivity index (χ3n) is 3.57. The number of hydrogen-bond donors (Lipinski definition) is 1. The lowest BCUT2D eigenvalue weighted by Gasteiger charge is -2.08. The Morgan fingerprint density at radius 1 is 1.26 bits per heavy atom. The van der Waals surface area contributed by atoms with E-state index in [0.29, 0.717) is 6.10 Å². The van der Waals surface area contributed by atoms with Gasteiger partial charge < -0.3 is 10.1 Å². The van der Waals surface area contributed by atoms with Crippen molar-refractivity contribution in [3.63, 3.8) is 0 Å². The van der Waals surface area contributed by atoms with Crippen LogP contribution in [0.3, 0.4) is 0 Å². The second-order valence-corrected chi connectivity index (χ2v) is 8.57. The highest BCUT2D eigenvalue weighted by Crippen LogP contribution is 2.31. The fraction of sp³-hybridized carbons (Fsp3) is 0.400. The van der Waals surface area contributed by atoms with E-state index in [0.717, 1.165) is 51.7 Å². The predicted molar refractivity (Wildman–Crippen MR) is 96.6 cm³/mol. The summed E-state index contributed by atoms with van der Waals surface area (Å²) in [4.78, 5) is 4.65. The minimum Gasteiger partial charge on any atom is -0.376 e. The molecule has 4 rings (SSSR count). The Balaban J connectivity index is 1.32. The van der Waals surface area contributed by atoms with Gasteiger partial charge in [0, 0.05) is 13.2 Å². The van der Waals surface area contributed by atoms with E-state index in [9.17, 15) is 0 Å². The fourth-order valence-corrected chi connectivity index (χ4v) is 5.17. The van der Waals surface area contributed by atoms with Crippen molar-refractivity contribution in [1.29, 1.82) is 0 Å². The molecule has 1 saturated heterocycles. The van der Waals surface area contributed by atoms with Gasteiger partial charge in [-0.25, -0.2) is 4.98 Å². The molecule has 1 atom stereocenters. The molecule has 2 aromatic heterocycles. The summed E-state index contributed by atoms with van der Waals surface area (Å²) in [6, 6.07) is 8.24. The van der Waals surface area contributed by atoms with Gasteiger partial charge in [0.1, 0.15) is 5.01 Å². The first-order chi connectivity index (χ1) is 11.4. The largest absolute Gasteiger partial charge is 0.376 e. The van der Waals surface area contributed by atoms with Crippen LogP contribution in [0, 0.1) is 0 Å². The zero-order valence-corrected chi connectivity index (χ0v) is 14.8. The van der Waals surface area contributed by atoms with Crippen LogP contribution in [0.5, 0.6) is 0 Å². The van der Waals surface area contributed by atoms with Crippen molar-refractivity contribution >= 4 is 49.8 Å². The normalized spacial score (nSPS) is 17.8. The van der Waals surface area contributed by atoms with Crippen molar-refractivity contribution in [1.82, 2.24) is 15.2 Å². The molecule has 0 amide bonds.